The number of unbranched alkanes of at least 4 members (excludes halogenated alkanes) is 1. The molecule has 0 radical (unpaired) electrons. The molecule has 6 heteroatoms. The minimum Gasteiger partial charge on any atom is -0.493 e. The van der Waals surface area contributed by atoms with Gasteiger partial charge in [0.15, 0.2) is 0 Å². The first kappa shape index (κ1) is 22.4. The Hall–Kier alpha value is -1.84. The predicted octanol–water partition coefficient (Wildman–Crippen LogP) is 3.55. The number of hydrogen-bond acceptors (Lipinski definition) is 5. The van der Waals surface area contributed by atoms with Crippen LogP contribution in [0.25, 0.3) is 0 Å². The molecule has 0 amide bonds. The third-order valence-electron chi connectivity index (χ3n) is 6.02. The molecule has 3 N–H and O–H groups in total. The number of carboxylic acid groups (broad SMARTS) is 1. The fourth-order valence-corrected chi connectivity index (χ4v) is 4.22. The summed E-state index contributed by atoms with van der Waals surface area (Å²) in [7, 11) is 0. The molecule has 1 aliphatic heterocycles. The summed E-state index contributed by atoms with van der Waals surface area (Å²) in [4.78, 5) is 10.7. The third-order valence-corrected chi connectivity index (χ3v) is 6.02. The maximum absolute atomic E-state index is 10.7. The van der Waals surface area contributed by atoms with Gasteiger partial charge in [0.05, 0.1) is 23.9 Å². The highest BCUT2D eigenvalue weighted by atomic mass is 16.5. The SMILES string of the molecule is CCCCC(C)[C@H](O)C=C[C@@H]1[C@H]2CC(=C(C#N)CCCC(=O)O)O[C@H]2C[C@H]1O. The van der Waals surface area contributed by atoms with Crippen molar-refractivity contribution in [1.29, 1.82) is 5.26 Å². The maximum Gasteiger partial charge on any atom is 0.303 e. The van der Waals surface area contributed by atoms with E-state index in [-0.39, 0.29) is 30.3 Å². The fraction of sp³-hybridized carbons (Fsp3) is 0.727. The van der Waals surface area contributed by atoms with Crippen LogP contribution in [-0.2, 0) is 9.53 Å². The van der Waals surface area contributed by atoms with Crippen LogP contribution in [-0.4, -0.2) is 39.6 Å². The normalized spacial score (nSPS) is 30.5. The van der Waals surface area contributed by atoms with Crippen LogP contribution in [0.2, 0.25) is 0 Å². The second kappa shape index (κ2) is 10.6. The van der Waals surface area contributed by atoms with E-state index in [4.69, 9.17) is 9.84 Å². The predicted molar refractivity (Wildman–Crippen MR) is 105 cm³/mol. The van der Waals surface area contributed by atoms with E-state index < -0.39 is 18.2 Å². The van der Waals surface area contributed by atoms with E-state index in [1.807, 2.05) is 13.0 Å². The Morgan fingerprint density at radius 2 is 2.14 bits per heavy atom. The van der Waals surface area contributed by atoms with Crippen LogP contribution in [0.4, 0.5) is 0 Å². The zero-order valence-electron chi connectivity index (χ0n) is 16.9. The Labute approximate surface area is 167 Å². The van der Waals surface area contributed by atoms with Gasteiger partial charge >= 0.3 is 5.97 Å². The summed E-state index contributed by atoms with van der Waals surface area (Å²) in [6, 6.07) is 2.16. The number of aliphatic carboxylic acids is 1. The van der Waals surface area contributed by atoms with Crippen LogP contribution < -0.4 is 0 Å². The number of allylic oxidation sites excluding steroid dienone is 2. The molecule has 2 fully saturated rings. The number of carboxylic acids is 1. The first-order valence-corrected chi connectivity index (χ1v) is 10.4. The van der Waals surface area contributed by atoms with E-state index in [1.54, 1.807) is 6.08 Å². The van der Waals surface area contributed by atoms with Gasteiger partial charge < -0.3 is 20.1 Å². The summed E-state index contributed by atoms with van der Waals surface area (Å²) in [5.41, 5.74) is 0.515. The average molecular weight is 392 g/mol. The van der Waals surface area contributed by atoms with E-state index >= 15 is 0 Å². The van der Waals surface area contributed by atoms with Gasteiger partial charge in [-0.25, -0.2) is 0 Å². The van der Waals surface area contributed by atoms with Crippen molar-refractivity contribution >= 4 is 5.97 Å². The van der Waals surface area contributed by atoms with Crippen LogP contribution in [0, 0.1) is 29.1 Å². The zero-order valence-corrected chi connectivity index (χ0v) is 16.9. The highest BCUT2D eigenvalue weighted by molar-refractivity contribution is 5.66. The van der Waals surface area contributed by atoms with Crippen LogP contribution in [0.15, 0.2) is 23.5 Å². The molecular weight excluding hydrogens is 358 g/mol. The molecule has 1 saturated heterocycles. The second-order valence-corrected chi connectivity index (χ2v) is 8.16. The van der Waals surface area contributed by atoms with Crippen molar-refractivity contribution in [1.82, 2.24) is 0 Å². The van der Waals surface area contributed by atoms with Crippen LogP contribution >= 0.6 is 0 Å². The number of hydrogen-bond donors (Lipinski definition) is 3. The molecule has 28 heavy (non-hydrogen) atoms. The average Bonchev–Trinajstić information content (AvgIpc) is 3.18. The van der Waals surface area contributed by atoms with Crippen molar-refractivity contribution < 1.29 is 24.9 Å². The molecule has 6 atom stereocenters. The zero-order chi connectivity index (χ0) is 20.7. The number of aliphatic hydroxyl groups is 2. The quantitative estimate of drug-likeness (QED) is 0.388. The van der Waals surface area contributed by atoms with Crippen molar-refractivity contribution in [2.75, 3.05) is 0 Å². The maximum atomic E-state index is 10.7. The molecule has 2 aliphatic rings. The van der Waals surface area contributed by atoms with Crippen molar-refractivity contribution in [3.8, 4) is 6.07 Å². The van der Waals surface area contributed by atoms with Gasteiger partial charge in [0.25, 0.3) is 0 Å². The Morgan fingerprint density at radius 1 is 1.39 bits per heavy atom. The smallest absolute Gasteiger partial charge is 0.303 e. The molecular formula is C22H33NO5. The first-order chi connectivity index (χ1) is 13.4. The third kappa shape index (κ3) is 5.83. The monoisotopic (exact) mass is 391 g/mol. The number of nitrogens with zero attached hydrogens (tertiary/aromatic N) is 1. The van der Waals surface area contributed by atoms with E-state index in [1.165, 1.54) is 0 Å². The topological polar surface area (TPSA) is 111 Å². The van der Waals surface area contributed by atoms with Crippen LogP contribution in [0.1, 0.15) is 65.2 Å². The van der Waals surface area contributed by atoms with Crippen molar-refractivity contribution in [2.24, 2.45) is 17.8 Å². The summed E-state index contributed by atoms with van der Waals surface area (Å²) in [6.07, 6.45) is 7.65. The number of carbonyl (C=O) groups is 1. The van der Waals surface area contributed by atoms with Gasteiger partial charge in [0.2, 0.25) is 0 Å². The Morgan fingerprint density at radius 3 is 2.79 bits per heavy atom. The van der Waals surface area contributed by atoms with Gasteiger partial charge in [-0.15, -0.1) is 0 Å². The summed E-state index contributed by atoms with van der Waals surface area (Å²) in [6.45, 7) is 4.17. The Kier molecular flexibility index (Phi) is 8.53. The van der Waals surface area contributed by atoms with Gasteiger partial charge in [-0.3, -0.25) is 4.79 Å². The number of nitriles is 1. The lowest BCUT2D eigenvalue weighted by atomic mass is 9.89. The summed E-state index contributed by atoms with van der Waals surface area (Å²) in [5, 5.41) is 38.9. The summed E-state index contributed by atoms with van der Waals surface area (Å²) in [5.74, 6) is -0.0615. The highest BCUT2D eigenvalue weighted by Gasteiger charge is 2.47. The molecule has 0 aromatic rings. The number of fused-ring (bicyclic) bond motifs is 1. The molecule has 0 aromatic heterocycles. The Balaban J connectivity index is 2.00. The highest BCUT2D eigenvalue weighted by Crippen LogP contribution is 2.46. The van der Waals surface area contributed by atoms with Gasteiger partial charge in [-0.05, 0) is 25.2 Å². The summed E-state index contributed by atoms with van der Waals surface area (Å²) < 4.78 is 5.96. The van der Waals surface area contributed by atoms with Crippen LogP contribution in [0.3, 0.4) is 0 Å². The molecule has 1 aliphatic carbocycles. The fourth-order valence-electron chi connectivity index (χ4n) is 4.22. The van der Waals surface area contributed by atoms with E-state index in [0.29, 0.717) is 37.0 Å². The molecule has 0 spiro atoms. The molecule has 0 bridgehead atoms. The minimum atomic E-state index is -0.869. The lowest BCUT2D eigenvalue weighted by molar-refractivity contribution is -0.137. The van der Waals surface area contributed by atoms with Gasteiger partial charge in [0, 0.05) is 31.1 Å². The molecule has 0 aromatic carbocycles. The first-order valence-electron chi connectivity index (χ1n) is 10.4. The lowest BCUT2D eigenvalue weighted by Crippen LogP contribution is -2.20. The van der Waals surface area contributed by atoms with Crippen molar-refractivity contribution in [2.45, 2.75) is 83.5 Å². The summed E-state index contributed by atoms with van der Waals surface area (Å²) >= 11 is 0. The minimum absolute atomic E-state index is 0.0312. The number of rotatable bonds is 10. The lowest BCUT2D eigenvalue weighted by Gasteiger charge is -2.18. The van der Waals surface area contributed by atoms with E-state index in [9.17, 15) is 20.3 Å². The molecule has 1 heterocycles. The van der Waals surface area contributed by atoms with Gasteiger partial charge in [0.1, 0.15) is 11.9 Å². The molecule has 156 valence electrons. The second-order valence-electron chi connectivity index (χ2n) is 8.16. The van der Waals surface area contributed by atoms with E-state index in [0.717, 1.165) is 19.3 Å². The van der Waals surface area contributed by atoms with Crippen LogP contribution in [0.5, 0.6) is 0 Å². The molecule has 6 nitrogen and oxygen atoms in total. The molecule has 2 rings (SSSR count). The van der Waals surface area contributed by atoms with E-state index in [2.05, 4.69) is 13.0 Å². The Bertz CT molecular complexity index is 635. The molecule has 1 unspecified atom stereocenters. The van der Waals surface area contributed by atoms with Gasteiger partial charge in [-0.2, -0.15) is 5.26 Å². The number of aliphatic hydroxyl groups excluding tert-OH is 2. The number of ether oxygens (including phenoxy) is 1. The standard InChI is InChI=1S/C22H33NO5/c1-3-4-6-14(2)18(24)10-9-16-17-11-20(28-21(17)12-19(16)25)15(13-23)7-5-8-22(26)27/h9-10,14,16-19,21,24-25H,3-8,11-12H2,1-2H3,(H,26,27)/t14?,16-,17-,18-,19-,21+/m1/s1. The van der Waals surface area contributed by atoms with Crippen molar-refractivity contribution in [3.63, 3.8) is 0 Å². The molecule has 1 saturated carbocycles. The van der Waals surface area contributed by atoms with Gasteiger partial charge in [-0.1, -0.05) is 38.8 Å². The van der Waals surface area contributed by atoms with Crippen molar-refractivity contribution in [3.05, 3.63) is 23.5 Å². The largest absolute Gasteiger partial charge is 0.493 e.